The minimum absolute atomic E-state index is 0.0110. The van der Waals surface area contributed by atoms with Gasteiger partial charge in [-0.05, 0) is 37.1 Å². The minimum atomic E-state index is -3.87. The Labute approximate surface area is 182 Å². The molecular formula is C18H16Cl2N4O3S2. The summed E-state index contributed by atoms with van der Waals surface area (Å²) in [6.07, 6.45) is 4.19. The molecule has 0 amide bonds. The Balaban J connectivity index is 1.59. The second-order valence-electron chi connectivity index (χ2n) is 6.07. The van der Waals surface area contributed by atoms with E-state index in [1.54, 1.807) is 29.7 Å². The van der Waals surface area contributed by atoms with Gasteiger partial charge < -0.3 is 0 Å². The number of sulfonamides is 1. The number of thiazole rings is 1. The third-order valence-corrected chi connectivity index (χ3v) is 6.93. The fourth-order valence-corrected chi connectivity index (χ4v) is 4.91. The topological polar surface area (TPSA) is 102 Å². The second-order valence-corrected chi connectivity index (χ2v) is 9.87. The number of carbonyl (C=O) groups excluding carboxylic acids is 1. The molecule has 0 saturated carbocycles. The van der Waals surface area contributed by atoms with Crippen molar-refractivity contribution in [1.29, 1.82) is 0 Å². The van der Waals surface area contributed by atoms with Crippen molar-refractivity contribution in [3.8, 4) is 0 Å². The van der Waals surface area contributed by atoms with E-state index in [0.29, 0.717) is 24.1 Å². The maximum atomic E-state index is 12.4. The van der Waals surface area contributed by atoms with Crippen molar-refractivity contribution in [2.45, 2.75) is 31.2 Å². The molecule has 0 atom stereocenters. The first-order valence-corrected chi connectivity index (χ1v) is 11.5. The van der Waals surface area contributed by atoms with Gasteiger partial charge in [0.25, 0.3) is 0 Å². The van der Waals surface area contributed by atoms with Crippen molar-refractivity contribution in [3.63, 3.8) is 0 Å². The van der Waals surface area contributed by atoms with Crippen LogP contribution in [0, 0.1) is 6.92 Å². The number of ketones is 1. The molecule has 152 valence electrons. The highest BCUT2D eigenvalue weighted by Gasteiger charge is 2.19. The van der Waals surface area contributed by atoms with Crippen molar-refractivity contribution >= 4 is 50.3 Å². The van der Waals surface area contributed by atoms with Crippen molar-refractivity contribution in [3.05, 3.63) is 68.1 Å². The average molecular weight is 471 g/mol. The standard InChI is InChI=1S/C18H16Cl2N4O3S2/c1-11-21-10-13(28-11)3-5-15(25)14-4-2-12(8-22-14)9-23-29(26,27)16-6-7-17(19)24-18(16)20/h2,4,6-8,10,23H,3,5,9H2,1H3. The lowest BCUT2D eigenvalue weighted by molar-refractivity contribution is 0.0978. The number of hydrogen-bond acceptors (Lipinski definition) is 7. The monoisotopic (exact) mass is 470 g/mol. The van der Waals surface area contributed by atoms with E-state index in [2.05, 4.69) is 19.7 Å². The van der Waals surface area contributed by atoms with Crippen molar-refractivity contribution in [2.75, 3.05) is 0 Å². The normalized spacial score (nSPS) is 11.6. The van der Waals surface area contributed by atoms with Crippen LogP contribution in [0.3, 0.4) is 0 Å². The SMILES string of the molecule is Cc1ncc(CCC(=O)c2ccc(CNS(=O)(=O)c3ccc(Cl)nc3Cl)cn2)s1. The van der Waals surface area contributed by atoms with Gasteiger partial charge in [-0.15, -0.1) is 11.3 Å². The fourth-order valence-electron chi connectivity index (χ4n) is 2.44. The molecule has 0 aromatic carbocycles. The minimum Gasteiger partial charge on any atom is -0.292 e. The number of pyridine rings is 2. The molecule has 0 spiro atoms. The molecule has 7 nitrogen and oxygen atoms in total. The van der Waals surface area contributed by atoms with Gasteiger partial charge >= 0.3 is 0 Å². The van der Waals surface area contributed by atoms with Crippen molar-refractivity contribution < 1.29 is 13.2 Å². The molecule has 29 heavy (non-hydrogen) atoms. The molecule has 1 N–H and O–H groups in total. The summed E-state index contributed by atoms with van der Waals surface area (Å²) in [5.74, 6) is -0.0813. The average Bonchev–Trinajstić information content (AvgIpc) is 3.10. The lowest BCUT2D eigenvalue weighted by atomic mass is 10.1. The van der Waals surface area contributed by atoms with Crippen molar-refractivity contribution in [2.24, 2.45) is 0 Å². The van der Waals surface area contributed by atoms with Crippen LogP contribution in [0.4, 0.5) is 0 Å². The third-order valence-electron chi connectivity index (χ3n) is 3.91. The van der Waals surface area contributed by atoms with Crippen LogP contribution >= 0.6 is 34.5 Å². The summed E-state index contributed by atoms with van der Waals surface area (Å²) in [6, 6.07) is 5.87. The van der Waals surface area contributed by atoms with Gasteiger partial charge in [-0.25, -0.2) is 23.1 Å². The fraction of sp³-hybridized carbons (Fsp3) is 0.222. The van der Waals surface area contributed by atoms with Crippen LogP contribution in [-0.4, -0.2) is 29.2 Å². The Bertz CT molecular complexity index is 1130. The number of hydrogen-bond donors (Lipinski definition) is 1. The Morgan fingerprint density at radius 3 is 2.55 bits per heavy atom. The van der Waals surface area contributed by atoms with Crippen molar-refractivity contribution in [1.82, 2.24) is 19.7 Å². The quantitative estimate of drug-likeness (QED) is 0.396. The maximum Gasteiger partial charge on any atom is 0.243 e. The number of Topliss-reactive ketones (excluding diaryl/α,β-unsaturated/α-hetero) is 1. The molecular weight excluding hydrogens is 455 g/mol. The van der Waals surface area contributed by atoms with Gasteiger partial charge in [0.1, 0.15) is 15.7 Å². The number of aryl methyl sites for hydroxylation is 2. The first kappa shape index (κ1) is 21.8. The Kier molecular flexibility index (Phi) is 6.97. The van der Waals surface area contributed by atoms with Gasteiger partial charge in [0.2, 0.25) is 10.0 Å². The van der Waals surface area contributed by atoms with Crippen LogP contribution < -0.4 is 4.72 Å². The Morgan fingerprint density at radius 2 is 1.93 bits per heavy atom. The largest absolute Gasteiger partial charge is 0.292 e. The molecule has 3 rings (SSSR count). The number of nitrogens with zero attached hydrogens (tertiary/aromatic N) is 3. The molecule has 0 aliphatic carbocycles. The molecule has 3 aromatic heterocycles. The van der Waals surface area contributed by atoms with E-state index in [1.807, 2.05) is 6.92 Å². The lowest BCUT2D eigenvalue weighted by Crippen LogP contribution is -2.24. The third kappa shape index (κ3) is 5.80. The summed E-state index contributed by atoms with van der Waals surface area (Å²) in [6.45, 7) is 1.91. The number of rotatable bonds is 8. The Morgan fingerprint density at radius 1 is 1.14 bits per heavy atom. The van der Waals surface area contributed by atoms with E-state index in [9.17, 15) is 13.2 Å². The molecule has 0 unspecified atom stereocenters. The number of halogens is 2. The zero-order valence-corrected chi connectivity index (χ0v) is 18.4. The number of nitrogens with one attached hydrogen (secondary N) is 1. The summed E-state index contributed by atoms with van der Waals surface area (Å²) in [5.41, 5.74) is 0.934. The first-order valence-electron chi connectivity index (χ1n) is 8.46. The van der Waals surface area contributed by atoms with Gasteiger partial charge in [-0.3, -0.25) is 9.78 Å². The highest BCUT2D eigenvalue weighted by molar-refractivity contribution is 7.89. The smallest absolute Gasteiger partial charge is 0.243 e. The van der Waals surface area contributed by atoms with Crippen LogP contribution in [0.5, 0.6) is 0 Å². The molecule has 11 heteroatoms. The van der Waals surface area contributed by atoms with Crippen LogP contribution in [0.15, 0.2) is 41.6 Å². The molecule has 3 aromatic rings. The Hall–Kier alpha value is -1.91. The highest BCUT2D eigenvalue weighted by Crippen LogP contribution is 2.21. The summed E-state index contributed by atoms with van der Waals surface area (Å²) in [7, 11) is -3.87. The van der Waals surface area contributed by atoms with Gasteiger partial charge in [0.15, 0.2) is 10.9 Å². The molecule has 0 fully saturated rings. The maximum absolute atomic E-state index is 12.4. The van der Waals surface area contributed by atoms with Crippen LogP contribution in [0.1, 0.15) is 32.4 Å². The second kappa shape index (κ2) is 9.27. The van der Waals surface area contributed by atoms with E-state index in [-0.39, 0.29) is 27.5 Å². The lowest BCUT2D eigenvalue weighted by Gasteiger charge is -2.08. The van der Waals surface area contributed by atoms with E-state index in [0.717, 1.165) is 9.88 Å². The zero-order valence-electron chi connectivity index (χ0n) is 15.2. The van der Waals surface area contributed by atoms with Gasteiger partial charge in [-0.2, -0.15) is 0 Å². The van der Waals surface area contributed by atoms with E-state index in [1.165, 1.54) is 18.3 Å². The molecule has 0 radical (unpaired) electrons. The first-order chi connectivity index (χ1) is 13.7. The summed E-state index contributed by atoms with van der Waals surface area (Å²) in [4.78, 5) is 25.2. The molecule has 0 bridgehead atoms. The summed E-state index contributed by atoms with van der Waals surface area (Å²) < 4.78 is 27.2. The summed E-state index contributed by atoms with van der Waals surface area (Å²) >= 11 is 13.1. The van der Waals surface area contributed by atoms with Crippen LogP contribution in [0.25, 0.3) is 0 Å². The van der Waals surface area contributed by atoms with E-state index >= 15 is 0 Å². The summed E-state index contributed by atoms with van der Waals surface area (Å²) in [5, 5.41) is 0.858. The van der Waals surface area contributed by atoms with E-state index < -0.39 is 10.0 Å². The van der Waals surface area contributed by atoms with Crippen LogP contribution in [-0.2, 0) is 23.0 Å². The number of carbonyl (C=O) groups is 1. The van der Waals surface area contributed by atoms with E-state index in [4.69, 9.17) is 23.2 Å². The molecule has 0 saturated heterocycles. The predicted octanol–water partition coefficient (Wildman–Crippen LogP) is 3.84. The number of aromatic nitrogens is 3. The zero-order chi connectivity index (χ0) is 21.0. The van der Waals surface area contributed by atoms with Gasteiger partial charge in [0.05, 0.1) is 5.01 Å². The molecule has 0 aliphatic rings. The predicted molar refractivity (Wildman–Crippen MR) is 112 cm³/mol. The molecule has 0 aliphatic heterocycles. The highest BCUT2D eigenvalue weighted by atomic mass is 35.5. The van der Waals surface area contributed by atoms with Crippen LogP contribution in [0.2, 0.25) is 10.3 Å². The van der Waals surface area contributed by atoms with Gasteiger partial charge in [-0.1, -0.05) is 29.3 Å². The molecule has 3 heterocycles. The van der Waals surface area contributed by atoms with Gasteiger partial charge in [0, 0.05) is 30.2 Å².